The van der Waals surface area contributed by atoms with E-state index in [9.17, 15) is 14.5 Å². The van der Waals surface area contributed by atoms with Gasteiger partial charge in [0, 0.05) is 0 Å². The summed E-state index contributed by atoms with van der Waals surface area (Å²) in [6.45, 7) is 5.99. The highest BCUT2D eigenvalue weighted by Crippen LogP contribution is 2.54. The first-order valence-corrected chi connectivity index (χ1v) is 11.9. The average Bonchev–Trinajstić information content (AvgIpc) is 2.75. The van der Waals surface area contributed by atoms with Gasteiger partial charge in [0.2, 0.25) is 0 Å². The predicted octanol–water partition coefficient (Wildman–Crippen LogP) is 5.44. The maximum absolute atomic E-state index is 13.8. The van der Waals surface area contributed by atoms with Crippen LogP contribution in [0, 0.1) is 5.92 Å². The lowest BCUT2D eigenvalue weighted by Gasteiger charge is -2.30. The van der Waals surface area contributed by atoms with E-state index in [1.54, 1.807) is 0 Å². The maximum Gasteiger partial charge on any atom is 0.348 e. The zero-order valence-electron chi connectivity index (χ0n) is 17.9. The van der Waals surface area contributed by atoms with Crippen LogP contribution in [0.4, 0.5) is 0 Å². The third-order valence-electron chi connectivity index (χ3n) is 4.68. The molecule has 2 aromatic carbocycles. The SMILES string of the molecule is CCC(N[C@@H](CC(C)C)C(=O)O)P(=O)(OCc1ccccc1)OCc1ccccc1. The monoisotopic (exact) mass is 433 g/mol. The van der Waals surface area contributed by atoms with Gasteiger partial charge < -0.3 is 14.2 Å². The Morgan fingerprint density at radius 2 is 1.43 bits per heavy atom. The molecule has 0 amide bonds. The molecule has 0 bridgehead atoms. The van der Waals surface area contributed by atoms with Gasteiger partial charge in [-0.05, 0) is 29.9 Å². The van der Waals surface area contributed by atoms with Crippen LogP contribution in [0.1, 0.15) is 44.7 Å². The van der Waals surface area contributed by atoms with Crippen molar-refractivity contribution in [2.45, 2.75) is 58.7 Å². The molecule has 0 aliphatic carbocycles. The number of carbonyl (C=O) groups is 1. The van der Waals surface area contributed by atoms with Gasteiger partial charge >= 0.3 is 13.6 Å². The standard InChI is InChI=1S/C23H32NO5P/c1-4-22(24-21(23(25)26)15-18(2)3)30(27,28-16-19-11-7-5-8-12-19)29-17-20-13-9-6-10-14-20/h5-14,18,21-22,24H,4,15-17H2,1-3H3,(H,25,26)/t21-,22?/m0/s1. The normalized spacial score (nSPS) is 13.9. The van der Waals surface area contributed by atoms with Gasteiger partial charge in [-0.15, -0.1) is 0 Å². The van der Waals surface area contributed by atoms with E-state index >= 15 is 0 Å². The molecule has 7 heteroatoms. The largest absolute Gasteiger partial charge is 0.480 e. The smallest absolute Gasteiger partial charge is 0.348 e. The number of hydrogen-bond donors (Lipinski definition) is 2. The van der Waals surface area contributed by atoms with Crippen LogP contribution >= 0.6 is 7.60 Å². The molecule has 0 saturated carbocycles. The van der Waals surface area contributed by atoms with Crippen LogP contribution in [0.5, 0.6) is 0 Å². The second-order valence-electron chi connectivity index (χ2n) is 7.67. The van der Waals surface area contributed by atoms with Crippen molar-refractivity contribution < 1.29 is 23.5 Å². The molecule has 164 valence electrons. The molecule has 0 spiro atoms. The van der Waals surface area contributed by atoms with Gasteiger partial charge in [-0.25, -0.2) is 0 Å². The summed E-state index contributed by atoms with van der Waals surface area (Å²) in [6, 6.07) is 18.0. The van der Waals surface area contributed by atoms with Crippen LogP contribution in [-0.4, -0.2) is 22.9 Å². The summed E-state index contributed by atoms with van der Waals surface area (Å²) in [5.74, 6) is -1.53. The van der Waals surface area contributed by atoms with Crippen LogP contribution in [0.2, 0.25) is 0 Å². The number of hydrogen-bond acceptors (Lipinski definition) is 5. The third kappa shape index (κ3) is 7.69. The van der Waals surface area contributed by atoms with E-state index in [4.69, 9.17) is 9.05 Å². The van der Waals surface area contributed by atoms with E-state index in [1.165, 1.54) is 0 Å². The van der Waals surface area contributed by atoms with Gasteiger partial charge in [-0.2, -0.15) is 0 Å². The highest BCUT2D eigenvalue weighted by Gasteiger charge is 2.38. The number of nitrogens with one attached hydrogen (secondary N) is 1. The number of carboxylic acids is 1. The Labute approximate surface area is 179 Å². The van der Waals surface area contributed by atoms with Crippen LogP contribution in [0.25, 0.3) is 0 Å². The van der Waals surface area contributed by atoms with Crippen LogP contribution in [-0.2, 0) is 31.6 Å². The van der Waals surface area contributed by atoms with Crippen molar-refractivity contribution in [1.82, 2.24) is 5.32 Å². The van der Waals surface area contributed by atoms with Crippen molar-refractivity contribution >= 4 is 13.6 Å². The van der Waals surface area contributed by atoms with Crippen molar-refractivity contribution in [3.63, 3.8) is 0 Å². The van der Waals surface area contributed by atoms with Crippen LogP contribution in [0.3, 0.4) is 0 Å². The number of benzene rings is 2. The summed E-state index contributed by atoms with van der Waals surface area (Å²) in [6.07, 6.45) is 0.825. The zero-order valence-corrected chi connectivity index (χ0v) is 18.8. The first kappa shape index (κ1) is 24.3. The van der Waals surface area contributed by atoms with E-state index in [1.807, 2.05) is 81.4 Å². The van der Waals surface area contributed by atoms with Gasteiger partial charge in [0.1, 0.15) is 11.8 Å². The summed E-state index contributed by atoms with van der Waals surface area (Å²) in [4.78, 5) is 11.7. The molecule has 6 nitrogen and oxygen atoms in total. The molecule has 2 N–H and O–H groups in total. The molecule has 2 aromatic rings. The number of carboxylic acid groups (broad SMARTS) is 1. The van der Waals surface area contributed by atoms with E-state index in [0.29, 0.717) is 12.8 Å². The molecule has 0 radical (unpaired) electrons. The molecule has 0 saturated heterocycles. The lowest BCUT2D eigenvalue weighted by Crippen LogP contribution is -2.44. The topological polar surface area (TPSA) is 84.9 Å². The molecule has 30 heavy (non-hydrogen) atoms. The van der Waals surface area contributed by atoms with Gasteiger partial charge in [0.25, 0.3) is 0 Å². The molecular weight excluding hydrogens is 401 g/mol. The van der Waals surface area contributed by atoms with Gasteiger partial charge in [0.15, 0.2) is 0 Å². The first-order chi connectivity index (χ1) is 14.3. The summed E-state index contributed by atoms with van der Waals surface area (Å²) >= 11 is 0. The Bertz CT molecular complexity index is 765. The second-order valence-corrected chi connectivity index (χ2v) is 9.89. The van der Waals surface area contributed by atoms with E-state index in [-0.39, 0.29) is 19.1 Å². The third-order valence-corrected chi connectivity index (χ3v) is 6.93. The molecular formula is C23H32NO5P. The van der Waals surface area contributed by atoms with Crippen LogP contribution in [0.15, 0.2) is 60.7 Å². The Morgan fingerprint density at radius 1 is 0.967 bits per heavy atom. The fraction of sp³-hybridized carbons (Fsp3) is 0.435. The molecule has 2 atom stereocenters. The fourth-order valence-electron chi connectivity index (χ4n) is 3.07. The van der Waals surface area contributed by atoms with E-state index < -0.39 is 25.4 Å². The van der Waals surface area contributed by atoms with Crippen LogP contribution < -0.4 is 5.32 Å². The Kier molecular flexibility index (Phi) is 9.73. The lowest BCUT2D eigenvalue weighted by molar-refractivity contribution is -0.140. The summed E-state index contributed by atoms with van der Waals surface area (Å²) in [5.41, 5.74) is 1.74. The Hall–Kier alpha value is -1.98. The molecule has 0 aliphatic rings. The molecule has 0 fully saturated rings. The van der Waals surface area contributed by atoms with Crippen molar-refractivity contribution in [1.29, 1.82) is 0 Å². The van der Waals surface area contributed by atoms with Crippen molar-refractivity contribution in [3.8, 4) is 0 Å². The average molecular weight is 433 g/mol. The molecule has 0 heterocycles. The minimum Gasteiger partial charge on any atom is -0.480 e. The summed E-state index contributed by atoms with van der Waals surface area (Å²) in [5, 5.41) is 12.6. The fourth-order valence-corrected chi connectivity index (χ4v) is 4.97. The highest BCUT2D eigenvalue weighted by molar-refractivity contribution is 7.54. The lowest BCUT2D eigenvalue weighted by atomic mass is 10.0. The van der Waals surface area contributed by atoms with Crippen molar-refractivity contribution in [2.24, 2.45) is 5.92 Å². The maximum atomic E-state index is 13.8. The van der Waals surface area contributed by atoms with Crippen molar-refractivity contribution in [3.05, 3.63) is 71.8 Å². The Balaban J connectivity index is 2.21. The minimum absolute atomic E-state index is 0.118. The summed E-state index contributed by atoms with van der Waals surface area (Å²) in [7, 11) is -3.67. The molecule has 2 rings (SSSR count). The second kappa shape index (κ2) is 12.0. The number of rotatable bonds is 13. The summed E-state index contributed by atoms with van der Waals surface area (Å²) < 4.78 is 25.5. The Morgan fingerprint density at radius 3 is 1.80 bits per heavy atom. The molecule has 0 aliphatic heterocycles. The molecule has 1 unspecified atom stereocenters. The minimum atomic E-state index is -3.67. The predicted molar refractivity (Wildman–Crippen MR) is 118 cm³/mol. The van der Waals surface area contributed by atoms with Gasteiger partial charge in [-0.3, -0.25) is 14.7 Å². The quantitative estimate of drug-likeness (QED) is 0.409. The van der Waals surface area contributed by atoms with Crippen molar-refractivity contribution in [2.75, 3.05) is 0 Å². The molecule has 0 aromatic heterocycles. The van der Waals surface area contributed by atoms with E-state index in [2.05, 4.69) is 5.32 Å². The van der Waals surface area contributed by atoms with Gasteiger partial charge in [-0.1, -0.05) is 81.4 Å². The highest BCUT2D eigenvalue weighted by atomic mass is 31.2. The van der Waals surface area contributed by atoms with E-state index in [0.717, 1.165) is 11.1 Å². The first-order valence-electron chi connectivity index (χ1n) is 10.3. The van der Waals surface area contributed by atoms with Gasteiger partial charge in [0.05, 0.1) is 13.2 Å². The zero-order chi connectivity index (χ0) is 22.0. The number of aliphatic carboxylic acids is 1.